The summed E-state index contributed by atoms with van der Waals surface area (Å²) in [7, 11) is 0. The zero-order valence-corrected chi connectivity index (χ0v) is 13.5. The van der Waals surface area contributed by atoms with Gasteiger partial charge in [-0.2, -0.15) is 4.98 Å². The van der Waals surface area contributed by atoms with Gasteiger partial charge in [-0.3, -0.25) is 4.98 Å². The standard InChI is InChI=1S/C15H12BrN3OS/c16-13-5-10(8-21-13)11-6-12(11)15-18-14(19-20-15)4-9-2-1-3-17-7-9/h1-3,5,7-8,11-12H,4,6H2/t11-,12+/m0/s1. The topological polar surface area (TPSA) is 51.8 Å². The second-order valence-corrected chi connectivity index (χ2v) is 7.51. The van der Waals surface area contributed by atoms with Gasteiger partial charge in [-0.15, -0.1) is 11.3 Å². The molecule has 0 aromatic carbocycles. The Bertz CT molecular complexity index is 755. The number of hydrogen-bond acceptors (Lipinski definition) is 5. The Balaban J connectivity index is 1.46. The SMILES string of the molecule is Brc1cc([C@@H]2C[C@H]2c2nc(Cc3cccnc3)no2)cs1. The second-order valence-electron chi connectivity index (χ2n) is 5.22. The van der Waals surface area contributed by atoms with Gasteiger partial charge in [-0.05, 0) is 56.9 Å². The average molecular weight is 362 g/mol. The highest BCUT2D eigenvalue weighted by Crippen LogP contribution is 2.55. The molecule has 106 valence electrons. The van der Waals surface area contributed by atoms with Gasteiger partial charge in [0.05, 0.1) is 3.79 Å². The van der Waals surface area contributed by atoms with Gasteiger partial charge in [0.2, 0.25) is 5.89 Å². The van der Waals surface area contributed by atoms with E-state index in [-0.39, 0.29) is 0 Å². The molecular weight excluding hydrogens is 350 g/mol. The summed E-state index contributed by atoms with van der Waals surface area (Å²) in [5, 5.41) is 6.28. The fourth-order valence-corrected chi connectivity index (χ4v) is 3.77. The average Bonchev–Trinajstić information content (AvgIpc) is 2.95. The minimum absolute atomic E-state index is 0.377. The first-order chi connectivity index (χ1) is 10.3. The maximum atomic E-state index is 5.43. The molecule has 4 nitrogen and oxygen atoms in total. The molecule has 3 aromatic rings. The minimum atomic E-state index is 0.377. The van der Waals surface area contributed by atoms with Crippen LogP contribution in [-0.4, -0.2) is 15.1 Å². The maximum Gasteiger partial charge on any atom is 0.230 e. The highest BCUT2D eigenvalue weighted by molar-refractivity contribution is 9.11. The summed E-state index contributed by atoms with van der Waals surface area (Å²) in [6.07, 6.45) is 5.36. The molecule has 0 bridgehead atoms. The van der Waals surface area contributed by atoms with Crippen LogP contribution in [0.25, 0.3) is 0 Å². The summed E-state index contributed by atoms with van der Waals surface area (Å²) in [6, 6.07) is 6.12. The van der Waals surface area contributed by atoms with Gasteiger partial charge < -0.3 is 4.52 Å². The van der Waals surface area contributed by atoms with E-state index in [1.807, 2.05) is 18.3 Å². The van der Waals surface area contributed by atoms with Crippen molar-refractivity contribution in [3.63, 3.8) is 0 Å². The van der Waals surface area contributed by atoms with Gasteiger partial charge in [0, 0.05) is 24.7 Å². The molecule has 2 atom stereocenters. The third-order valence-electron chi connectivity index (χ3n) is 3.69. The van der Waals surface area contributed by atoms with Crippen molar-refractivity contribution in [2.45, 2.75) is 24.7 Å². The van der Waals surface area contributed by atoms with Crippen LogP contribution in [-0.2, 0) is 6.42 Å². The van der Waals surface area contributed by atoms with Crippen molar-refractivity contribution < 1.29 is 4.52 Å². The van der Waals surface area contributed by atoms with E-state index in [9.17, 15) is 0 Å². The van der Waals surface area contributed by atoms with Crippen LogP contribution >= 0.6 is 27.3 Å². The van der Waals surface area contributed by atoms with Crippen molar-refractivity contribution in [2.75, 3.05) is 0 Å². The number of halogens is 1. The summed E-state index contributed by atoms with van der Waals surface area (Å²) in [5.41, 5.74) is 2.46. The van der Waals surface area contributed by atoms with Crippen LogP contribution in [0.5, 0.6) is 0 Å². The van der Waals surface area contributed by atoms with Gasteiger partial charge in [-0.1, -0.05) is 11.2 Å². The molecule has 21 heavy (non-hydrogen) atoms. The highest BCUT2D eigenvalue weighted by atomic mass is 79.9. The Kier molecular flexibility index (Phi) is 3.35. The van der Waals surface area contributed by atoms with Crippen molar-refractivity contribution in [3.05, 3.63) is 62.6 Å². The summed E-state index contributed by atoms with van der Waals surface area (Å²) in [5.74, 6) is 2.40. The van der Waals surface area contributed by atoms with Crippen LogP contribution in [0.15, 0.2) is 44.3 Å². The lowest BCUT2D eigenvalue weighted by Gasteiger charge is -1.93. The molecule has 1 aliphatic rings. The Hall–Kier alpha value is -1.53. The molecule has 3 heterocycles. The van der Waals surface area contributed by atoms with Crippen LogP contribution in [0.1, 0.15) is 41.1 Å². The smallest absolute Gasteiger partial charge is 0.230 e. The molecule has 0 N–H and O–H groups in total. The molecule has 0 amide bonds. The van der Waals surface area contributed by atoms with E-state index in [4.69, 9.17) is 4.52 Å². The number of pyridine rings is 1. The van der Waals surface area contributed by atoms with E-state index in [0.717, 1.165) is 23.7 Å². The number of aromatic nitrogens is 3. The first-order valence-corrected chi connectivity index (χ1v) is 8.42. The Morgan fingerprint density at radius 3 is 3.10 bits per heavy atom. The lowest BCUT2D eigenvalue weighted by atomic mass is 10.2. The third kappa shape index (κ3) is 2.78. The Morgan fingerprint density at radius 2 is 2.33 bits per heavy atom. The molecule has 1 saturated carbocycles. The Morgan fingerprint density at radius 1 is 1.38 bits per heavy atom. The number of nitrogens with zero attached hydrogens (tertiary/aromatic N) is 3. The van der Waals surface area contributed by atoms with Crippen LogP contribution < -0.4 is 0 Å². The van der Waals surface area contributed by atoms with E-state index in [0.29, 0.717) is 18.3 Å². The van der Waals surface area contributed by atoms with Crippen molar-refractivity contribution >= 4 is 27.3 Å². The van der Waals surface area contributed by atoms with Crippen LogP contribution in [0.4, 0.5) is 0 Å². The lowest BCUT2D eigenvalue weighted by Crippen LogP contribution is -1.91. The van der Waals surface area contributed by atoms with Crippen molar-refractivity contribution in [2.24, 2.45) is 0 Å². The fraction of sp³-hybridized carbons (Fsp3) is 0.267. The molecule has 6 heteroatoms. The highest BCUT2D eigenvalue weighted by Gasteiger charge is 2.44. The molecule has 4 rings (SSSR count). The molecule has 0 spiro atoms. The lowest BCUT2D eigenvalue weighted by molar-refractivity contribution is 0.373. The molecule has 0 unspecified atom stereocenters. The van der Waals surface area contributed by atoms with E-state index >= 15 is 0 Å². The van der Waals surface area contributed by atoms with Gasteiger partial charge in [-0.25, -0.2) is 0 Å². The summed E-state index contributed by atoms with van der Waals surface area (Å²) >= 11 is 5.23. The molecule has 1 fully saturated rings. The molecule has 0 radical (unpaired) electrons. The van der Waals surface area contributed by atoms with Crippen molar-refractivity contribution in [1.82, 2.24) is 15.1 Å². The second kappa shape index (κ2) is 5.35. The molecule has 0 saturated heterocycles. The van der Waals surface area contributed by atoms with E-state index < -0.39 is 0 Å². The third-order valence-corrected chi connectivity index (χ3v) is 5.22. The van der Waals surface area contributed by atoms with Gasteiger partial charge in [0.25, 0.3) is 0 Å². The maximum absolute atomic E-state index is 5.43. The van der Waals surface area contributed by atoms with E-state index in [2.05, 4.69) is 42.5 Å². The first-order valence-electron chi connectivity index (χ1n) is 6.75. The molecule has 1 aliphatic carbocycles. The largest absolute Gasteiger partial charge is 0.339 e. The fourth-order valence-electron chi connectivity index (χ4n) is 2.53. The van der Waals surface area contributed by atoms with E-state index in [1.54, 1.807) is 17.5 Å². The normalized spacial score (nSPS) is 20.6. The van der Waals surface area contributed by atoms with Gasteiger partial charge in [0.1, 0.15) is 0 Å². The predicted octanol–water partition coefficient (Wildman–Crippen LogP) is 4.15. The van der Waals surface area contributed by atoms with Crippen molar-refractivity contribution in [3.8, 4) is 0 Å². The molecule has 3 aromatic heterocycles. The van der Waals surface area contributed by atoms with Crippen molar-refractivity contribution in [1.29, 1.82) is 0 Å². The summed E-state index contributed by atoms with van der Waals surface area (Å²) < 4.78 is 6.60. The van der Waals surface area contributed by atoms with Gasteiger partial charge >= 0.3 is 0 Å². The number of thiophene rings is 1. The quantitative estimate of drug-likeness (QED) is 0.700. The van der Waals surface area contributed by atoms with Crippen LogP contribution in [0.2, 0.25) is 0 Å². The zero-order chi connectivity index (χ0) is 14.2. The van der Waals surface area contributed by atoms with E-state index in [1.165, 1.54) is 9.35 Å². The number of rotatable bonds is 4. The first kappa shape index (κ1) is 13.2. The molecule has 0 aliphatic heterocycles. The van der Waals surface area contributed by atoms with Crippen LogP contribution in [0.3, 0.4) is 0 Å². The predicted molar refractivity (Wildman–Crippen MR) is 83.5 cm³/mol. The van der Waals surface area contributed by atoms with Crippen LogP contribution in [0, 0.1) is 0 Å². The zero-order valence-electron chi connectivity index (χ0n) is 11.1. The minimum Gasteiger partial charge on any atom is -0.339 e. The monoisotopic (exact) mass is 361 g/mol. The molecular formula is C15H12BrN3OS. The summed E-state index contributed by atoms with van der Waals surface area (Å²) in [6.45, 7) is 0. The number of hydrogen-bond donors (Lipinski definition) is 0. The Labute approximate surface area is 134 Å². The van der Waals surface area contributed by atoms with Gasteiger partial charge in [0.15, 0.2) is 5.82 Å². The summed E-state index contributed by atoms with van der Waals surface area (Å²) in [4.78, 5) is 8.64.